The number of hydrogen-bond donors (Lipinski definition) is 1. The van der Waals surface area contributed by atoms with E-state index in [1.54, 1.807) is 6.20 Å². The van der Waals surface area contributed by atoms with E-state index in [4.69, 9.17) is 0 Å². The number of likely N-dealkylation sites (tertiary alicyclic amines) is 1. The van der Waals surface area contributed by atoms with E-state index in [1.165, 1.54) is 30.6 Å². The Morgan fingerprint density at radius 2 is 2.10 bits per heavy atom. The Bertz CT molecular complexity index is 483. The normalized spacial score (nSPS) is 15.7. The highest BCUT2D eigenvalue weighted by Gasteiger charge is 2.11. The molecule has 1 N–H and O–H groups in total. The zero-order valence-electron chi connectivity index (χ0n) is 12.1. The second-order valence-electron chi connectivity index (χ2n) is 5.23. The van der Waals surface area contributed by atoms with Crippen LogP contribution in [-0.2, 0) is 6.54 Å². The van der Waals surface area contributed by atoms with Gasteiger partial charge in [0.1, 0.15) is 4.47 Å². The number of nitrogens with one attached hydrogen (secondary N) is 1. The molecule has 2 rings (SSSR count). The Labute approximate surface area is 128 Å². The van der Waals surface area contributed by atoms with Gasteiger partial charge in [0.2, 0.25) is 0 Å². The Morgan fingerprint density at radius 3 is 2.80 bits per heavy atom. The van der Waals surface area contributed by atoms with Gasteiger partial charge in [-0.15, -0.1) is 0 Å². The lowest BCUT2D eigenvalue weighted by molar-refractivity contribution is 0.337. The van der Waals surface area contributed by atoms with E-state index in [-0.39, 0.29) is 5.56 Å². The highest BCUT2D eigenvalue weighted by molar-refractivity contribution is 9.10. The summed E-state index contributed by atoms with van der Waals surface area (Å²) in [4.78, 5) is 14.5. The first-order valence-corrected chi connectivity index (χ1v) is 8.23. The molecule has 2 heterocycles. The molecule has 0 amide bonds. The van der Waals surface area contributed by atoms with Gasteiger partial charge in [0.25, 0.3) is 5.56 Å². The summed E-state index contributed by atoms with van der Waals surface area (Å²) in [6.45, 7) is 7.16. The molecule has 1 saturated heterocycles. The second-order valence-corrected chi connectivity index (χ2v) is 6.02. The maximum atomic E-state index is 12.0. The molecule has 1 aromatic rings. The van der Waals surface area contributed by atoms with Crippen LogP contribution in [0.1, 0.15) is 32.6 Å². The van der Waals surface area contributed by atoms with Crippen molar-refractivity contribution >= 4 is 21.6 Å². The van der Waals surface area contributed by atoms with Crippen LogP contribution in [0.4, 0.5) is 5.69 Å². The third-order valence-corrected chi connectivity index (χ3v) is 4.35. The van der Waals surface area contributed by atoms with E-state index in [0.717, 1.165) is 31.6 Å². The molecule has 0 saturated carbocycles. The van der Waals surface area contributed by atoms with Crippen molar-refractivity contribution in [3.8, 4) is 0 Å². The van der Waals surface area contributed by atoms with Crippen molar-refractivity contribution in [2.75, 3.05) is 31.5 Å². The molecule has 6 heteroatoms. The maximum absolute atomic E-state index is 12.0. The Hall–Kier alpha value is -0.880. The molecule has 0 aliphatic carbocycles. The molecule has 1 fully saturated rings. The van der Waals surface area contributed by atoms with Gasteiger partial charge in [-0.1, -0.05) is 6.92 Å². The molecule has 1 aliphatic heterocycles. The molecular weight excluding hydrogens is 320 g/mol. The summed E-state index contributed by atoms with van der Waals surface area (Å²) in [6, 6.07) is 0. The minimum absolute atomic E-state index is 0.0589. The van der Waals surface area contributed by atoms with Crippen LogP contribution < -0.4 is 10.9 Å². The molecule has 0 unspecified atom stereocenters. The number of rotatable bonds is 7. The van der Waals surface area contributed by atoms with Crippen LogP contribution in [-0.4, -0.2) is 40.9 Å². The zero-order chi connectivity index (χ0) is 14.4. The van der Waals surface area contributed by atoms with Crippen molar-refractivity contribution < 1.29 is 0 Å². The lowest BCUT2D eigenvalue weighted by Crippen LogP contribution is -2.25. The van der Waals surface area contributed by atoms with Crippen LogP contribution in [0.2, 0.25) is 0 Å². The second kappa shape index (κ2) is 7.78. The predicted molar refractivity (Wildman–Crippen MR) is 85.3 cm³/mol. The molecular formula is C14H23BrN4O. The van der Waals surface area contributed by atoms with Gasteiger partial charge in [-0.05, 0) is 61.2 Å². The number of aryl methyl sites for hydroxylation is 1. The largest absolute Gasteiger partial charge is 0.383 e. The fraction of sp³-hybridized carbons (Fsp3) is 0.714. The molecule has 0 radical (unpaired) electrons. The first-order chi connectivity index (χ1) is 9.72. The average molecular weight is 343 g/mol. The first-order valence-electron chi connectivity index (χ1n) is 7.44. The standard InChI is InChI=1S/C14H23BrN4O/c1-2-7-19-14(20)13(15)12(11-17-19)16-6-5-10-18-8-3-4-9-18/h11,16H,2-10H2,1H3. The van der Waals surface area contributed by atoms with Gasteiger partial charge in [0.15, 0.2) is 0 Å². The van der Waals surface area contributed by atoms with Crippen molar-refractivity contribution in [1.82, 2.24) is 14.7 Å². The van der Waals surface area contributed by atoms with Crippen LogP contribution >= 0.6 is 15.9 Å². The lowest BCUT2D eigenvalue weighted by Gasteiger charge is -2.15. The first kappa shape index (κ1) is 15.5. The molecule has 5 nitrogen and oxygen atoms in total. The SMILES string of the molecule is CCCn1ncc(NCCCN2CCCC2)c(Br)c1=O. The number of aromatic nitrogens is 2. The smallest absolute Gasteiger partial charge is 0.283 e. The Balaban J connectivity index is 1.83. The summed E-state index contributed by atoms with van der Waals surface area (Å²) in [5.41, 5.74) is 0.736. The summed E-state index contributed by atoms with van der Waals surface area (Å²) < 4.78 is 2.08. The molecule has 112 valence electrons. The van der Waals surface area contributed by atoms with E-state index >= 15 is 0 Å². The van der Waals surface area contributed by atoms with Crippen molar-refractivity contribution in [3.05, 3.63) is 21.0 Å². The minimum Gasteiger partial charge on any atom is -0.383 e. The Morgan fingerprint density at radius 1 is 1.35 bits per heavy atom. The Kier molecular flexibility index (Phi) is 6.04. The summed E-state index contributed by atoms with van der Waals surface area (Å²) in [6.07, 6.45) is 6.39. The van der Waals surface area contributed by atoms with Gasteiger partial charge in [-0.3, -0.25) is 4.79 Å². The molecule has 0 bridgehead atoms. The fourth-order valence-electron chi connectivity index (χ4n) is 2.49. The molecule has 0 spiro atoms. The number of nitrogens with zero attached hydrogens (tertiary/aromatic N) is 3. The summed E-state index contributed by atoms with van der Waals surface area (Å²) >= 11 is 3.37. The predicted octanol–water partition coefficient (Wildman–Crippen LogP) is 2.31. The van der Waals surface area contributed by atoms with Crippen LogP contribution in [0.25, 0.3) is 0 Å². The van der Waals surface area contributed by atoms with Crippen molar-refractivity contribution in [2.45, 2.75) is 39.2 Å². The van der Waals surface area contributed by atoms with E-state index < -0.39 is 0 Å². The third-order valence-electron chi connectivity index (χ3n) is 3.59. The number of halogens is 1. The third kappa shape index (κ3) is 4.06. The molecule has 1 aliphatic rings. The van der Waals surface area contributed by atoms with Crippen molar-refractivity contribution in [2.24, 2.45) is 0 Å². The van der Waals surface area contributed by atoms with E-state index in [2.05, 4.69) is 31.2 Å². The van der Waals surface area contributed by atoms with Gasteiger partial charge in [-0.2, -0.15) is 5.10 Å². The number of hydrogen-bond acceptors (Lipinski definition) is 4. The highest BCUT2D eigenvalue weighted by Crippen LogP contribution is 2.16. The summed E-state index contributed by atoms with van der Waals surface area (Å²) in [5.74, 6) is 0. The van der Waals surface area contributed by atoms with Crippen molar-refractivity contribution in [1.29, 1.82) is 0 Å². The van der Waals surface area contributed by atoms with Crippen LogP contribution in [0, 0.1) is 0 Å². The minimum atomic E-state index is -0.0589. The van der Waals surface area contributed by atoms with E-state index in [9.17, 15) is 4.79 Å². The van der Waals surface area contributed by atoms with Gasteiger partial charge in [-0.25, -0.2) is 4.68 Å². The van der Waals surface area contributed by atoms with Crippen LogP contribution in [0.5, 0.6) is 0 Å². The molecule has 1 aromatic heterocycles. The molecule has 20 heavy (non-hydrogen) atoms. The zero-order valence-corrected chi connectivity index (χ0v) is 13.7. The fourth-order valence-corrected chi connectivity index (χ4v) is 2.94. The van der Waals surface area contributed by atoms with Crippen LogP contribution in [0.15, 0.2) is 15.5 Å². The van der Waals surface area contributed by atoms with Gasteiger partial charge < -0.3 is 10.2 Å². The van der Waals surface area contributed by atoms with Gasteiger partial charge in [0, 0.05) is 13.1 Å². The highest BCUT2D eigenvalue weighted by atomic mass is 79.9. The molecule has 0 aromatic carbocycles. The molecule has 0 atom stereocenters. The van der Waals surface area contributed by atoms with Crippen LogP contribution in [0.3, 0.4) is 0 Å². The van der Waals surface area contributed by atoms with Crippen molar-refractivity contribution in [3.63, 3.8) is 0 Å². The lowest BCUT2D eigenvalue weighted by atomic mass is 10.3. The van der Waals surface area contributed by atoms with Gasteiger partial charge >= 0.3 is 0 Å². The topological polar surface area (TPSA) is 50.2 Å². The van der Waals surface area contributed by atoms with E-state index in [1.807, 2.05) is 6.92 Å². The maximum Gasteiger partial charge on any atom is 0.283 e. The quantitative estimate of drug-likeness (QED) is 0.772. The van der Waals surface area contributed by atoms with Gasteiger partial charge in [0.05, 0.1) is 11.9 Å². The van der Waals surface area contributed by atoms with E-state index in [0.29, 0.717) is 11.0 Å². The number of anilines is 1. The monoisotopic (exact) mass is 342 g/mol. The summed E-state index contributed by atoms with van der Waals surface area (Å²) in [7, 11) is 0. The summed E-state index contributed by atoms with van der Waals surface area (Å²) in [5, 5.41) is 7.48. The average Bonchev–Trinajstić information content (AvgIpc) is 2.95.